The van der Waals surface area contributed by atoms with E-state index in [-0.39, 0.29) is 5.82 Å². The number of halogens is 1. The number of anilines is 1. The number of aromatic nitrogens is 7. The summed E-state index contributed by atoms with van der Waals surface area (Å²) in [6.45, 7) is 3.79. The van der Waals surface area contributed by atoms with E-state index in [4.69, 9.17) is 4.98 Å². The van der Waals surface area contributed by atoms with Crippen molar-refractivity contribution in [3.63, 3.8) is 0 Å². The normalized spacial score (nSPS) is 15.3. The van der Waals surface area contributed by atoms with E-state index >= 15 is 0 Å². The summed E-state index contributed by atoms with van der Waals surface area (Å²) in [5.74, 6) is 1.17. The minimum Gasteiger partial charge on any atom is -0.352 e. The van der Waals surface area contributed by atoms with Gasteiger partial charge in [-0.3, -0.25) is 9.78 Å². The lowest BCUT2D eigenvalue weighted by Crippen LogP contribution is -2.44. The molecule has 1 aliphatic rings. The summed E-state index contributed by atoms with van der Waals surface area (Å²) in [6.07, 6.45) is 5.24. The topological polar surface area (TPSA) is 94.5 Å². The van der Waals surface area contributed by atoms with E-state index in [1.54, 1.807) is 29.3 Å². The molecule has 9 nitrogen and oxygen atoms in total. The number of hydrogen-bond acceptors (Lipinski definition) is 6. The number of H-pyrrole nitrogens is 2. The van der Waals surface area contributed by atoms with E-state index in [0.29, 0.717) is 28.2 Å². The van der Waals surface area contributed by atoms with Crippen molar-refractivity contribution in [3.05, 3.63) is 42.6 Å². The summed E-state index contributed by atoms with van der Waals surface area (Å²) in [5.41, 5.74) is 4.16. The second-order valence-electron chi connectivity index (χ2n) is 8.26. The molecule has 6 rings (SSSR count). The standard InChI is InChI=1S/C22H22FN9/c1-30-5-7-32(8-6-30)22-20-17(3-4-24-22)26-21(27-20)19-15-9-14(13-11-25-31(2)12-13)16(23)10-18(15)28-29-19/h3-4,9-12H,5-8H2,1-2H3,(H,26,27)(H,28,29). The Hall–Kier alpha value is -3.79. The van der Waals surface area contributed by atoms with Crippen LogP contribution in [0.25, 0.3) is 44.6 Å². The quantitative estimate of drug-likeness (QED) is 0.456. The Labute approximate surface area is 182 Å². The number of aryl methyl sites for hydroxylation is 1. The molecule has 2 N–H and O–H groups in total. The number of fused-ring (bicyclic) bond motifs is 2. The highest BCUT2D eigenvalue weighted by Gasteiger charge is 2.21. The Bertz CT molecular complexity index is 1440. The van der Waals surface area contributed by atoms with Gasteiger partial charge in [0.05, 0.1) is 17.2 Å². The second-order valence-corrected chi connectivity index (χ2v) is 8.26. The Kier molecular flexibility index (Phi) is 4.22. The molecule has 0 aliphatic carbocycles. The van der Waals surface area contributed by atoms with Crippen molar-refractivity contribution < 1.29 is 4.39 Å². The number of pyridine rings is 1. The first-order valence-electron chi connectivity index (χ1n) is 10.5. The van der Waals surface area contributed by atoms with Crippen LogP contribution < -0.4 is 4.90 Å². The fraction of sp³-hybridized carbons (Fsp3) is 0.273. The molecule has 1 saturated heterocycles. The smallest absolute Gasteiger partial charge is 0.159 e. The van der Waals surface area contributed by atoms with Crippen LogP contribution in [0.3, 0.4) is 0 Å². The summed E-state index contributed by atoms with van der Waals surface area (Å²) in [6, 6.07) is 5.18. The third-order valence-corrected chi connectivity index (χ3v) is 6.08. The van der Waals surface area contributed by atoms with Crippen molar-refractivity contribution in [2.75, 3.05) is 38.1 Å². The minimum atomic E-state index is -0.327. The number of imidazole rings is 1. The SMILES string of the molecule is CN1CCN(c2nccc3[nH]c(-c4n[nH]c5cc(F)c(-c6cnn(C)c6)cc45)nc23)CC1. The van der Waals surface area contributed by atoms with E-state index in [9.17, 15) is 4.39 Å². The molecule has 32 heavy (non-hydrogen) atoms. The van der Waals surface area contributed by atoms with Crippen LogP contribution in [0.5, 0.6) is 0 Å². The van der Waals surface area contributed by atoms with Crippen molar-refractivity contribution in [1.29, 1.82) is 0 Å². The van der Waals surface area contributed by atoms with Crippen LogP contribution in [0.1, 0.15) is 0 Å². The number of piperazine rings is 1. The molecule has 0 atom stereocenters. The fourth-order valence-corrected chi connectivity index (χ4v) is 4.28. The molecule has 0 saturated carbocycles. The number of hydrogen-bond donors (Lipinski definition) is 2. The highest BCUT2D eigenvalue weighted by Crippen LogP contribution is 2.33. The zero-order valence-electron chi connectivity index (χ0n) is 17.8. The molecular weight excluding hydrogens is 409 g/mol. The number of nitrogens with one attached hydrogen (secondary N) is 2. The highest BCUT2D eigenvalue weighted by molar-refractivity contribution is 5.97. The number of nitrogens with zero attached hydrogens (tertiary/aromatic N) is 7. The van der Waals surface area contributed by atoms with Crippen molar-refractivity contribution in [2.45, 2.75) is 0 Å². The number of aromatic amines is 2. The van der Waals surface area contributed by atoms with Crippen LogP contribution in [0.4, 0.5) is 10.2 Å². The zero-order valence-corrected chi connectivity index (χ0v) is 17.8. The summed E-state index contributed by atoms with van der Waals surface area (Å²) >= 11 is 0. The van der Waals surface area contributed by atoms with Gasteiger partial charge in [0.15, 0.2) is 11.6 Å². The maximum absolute atomic E-state index is 14.8. The van der Waals surface area contributed by atoms with Gasteiger partial charge in [-0.15, -0.1) is 0 Å². The van der Waals surface area contributed by atoms with Gasteiger partial charge in [0.1, 0.15) is 17.0 Å². The Balaban J connectivity index is 1.46. The molecule has 1 aromatic carbocycles. The molecule has 0 unspecified atom stereocenters. The van der Waals surface area contributed by atoms with Gasteiger partial charge in [-0.2, -0.15) is 10.2 Å². The van der Waals surface area contributed by atoms with Gasteiger partial charge in [-0.05, 0) is 19.2 Å². The molecule has 0 radical (unpaired) electrons. The molecule has 5 aromatic rings. The molecule has 0 spiro atoms. The highest BCUT2D eigenvalue weighted by atomic mass is 19.1. The monoisotopic (exact) mass is 431 g/mol. The number of rotatable bonds is 3. The van der Waals surface area contributed by atoms with Crippen molar-refractivity contribution in [2.24, 2.45) is 7.05 Å². The maximum atomic E-state index is 14.8. The first-order valence-corrected chi connectivity index (χ1v) is 10.5. The maximum Gasteiger partial charge on any atom is 0.159 e. The molecule has 1 fully saturated rings. The summed E-state index contributed by atoms with van der Waals surface area (Å²) in [4.78, 5) is 17.4. The lowest BCUT2D eigenvalue weighted by Gasteiger charge is -2.33. The largest absolute Gasteiger partial charge is 0.352 e. The average molecular weight is 431 g/mol. The lowest BCUT2D eigenvalue weighted by atomic mass is 10.1. The first kappa shape index (κ1) is 18.9. The van der Waals surface area contributed by atoms with Crippen LogP contribution in [0.2, 0.25) is 0 Å². The van der Waals surface area contributed by atoms with E-state index < -0.39 is 0 Å². The molecule has 162 valence electrons. The van der Waals surface area contributed by atoms with E-state index in [0.717, 1.165) is 48.4 Å². The van der Waals surface area contributed by atoms with Crippen LogP contribution in [-0.4, -0.2) is 73.1 Å². The second kappa shape index (κ2) is 7.13. The summed E-state index contributed by atoms with van der Waals surface area (Å²) in [7, 11) is 3.94. The zero-order chi connectivity index (χ0) is 21.8. The predicted octanol–water partition coefficient (Wildman–Crippen LogP) is 2.79. The van der Waals surface area contributed by atoms with Crippen molar-refractivity contribution >= 4 is 27.8 Å². The molecule has 5 heterocycles. The molecular formula is C22H22FN9. The van der Waals surface area contributed by atoms with Gasteiger partial charge in [-0.25, -0.2) is 14.4 Å². The van der Waals surface area contributed by atoms with Crippen LogP contribution >= 0.6 is 0 Å². The molecule has 0 bridgehead atoms. The third kappa shape index (κ3) is 3.02. The Morgan fingerprint density at radius 2 is 1.91 bits per heavy atom. The van der Waals surface area contributed by atoms with E-state index in [1.807, 2.05) is 13.1 Å². The van der Waals surface area contributed by atoms with Crippen LogP contribution in [-0.2, 0) is 7.05 Å². The molecule has 4 aromatic heterocycles. The van der Waals surface area contributed by atoms with E-state index in [2.05, 4.69) is 42.1 Å². The Morgan fingerprint density at radius 3 is 2.69 bits per heavy atom. The first-order chi connectivity index (χ1) is 15.6. The number of likely N-dealkylation sites (N-methyl/N-ethyl adjacent to an activating group) is 1. The van der Waals surface area contributed by atoms with Gasteiger partial charge < -0.3 is 14.8 Å². The molecule has 10 heteroatoms. The van der Waals surface area contributed by atoms with Gasteiger partial charge in [0.25, 0.3) is 0 Å². The lowest BCUT2D eigenvalue weighted by molar-refractivity contribution is 0.312. The average Bonchev–Trinajstić information content (AvgIpc) is 3.51. The van der Waals surface area contributed by atoms with Gasteiger partial charge >= 0.3 is 0 Å². The minimum absolute atomic E-state index is 0.327. The number of benzene rings is 1. The van der Waals surface area contributed by atoms with Gasteiger partial charge in [0, 0.05) is 68.2 Å². The molecule has 1 aliphatic heterocycles. The third-order valence-electron chi connectivity index (χ3n) is 6.08. The predicted molar refractivity (Wildman–Crippen MR) is 121 cm³/mol. The van der Waals surface area contributed by atoms with E-state index in [1.165, 1.54) is 6.07 Å². The van der Waals surface area contributed by atoms with Gasteiger partial charge in [-0.1, -0.05) is 0 Å². The summed E-state index contributed by atoms with van der Waals surface area (Å²) in [5, 5.41) is 12.3. The fourth-order valence-electron chi connectivity index (χ4n) is 4.28. The molecule has 0 amide bonds. The van der Waals surface area contributed by atoms with Crippen molar-refractivity contribution in [3.8, 4) is 22.6 Å². The summed E-state index contributed by atoms with van der Waals surface area (Å²) < 4.78 is 16.4. The van der Waals surface area contributed by atoms with Crippen molar-refractivity contribution in [1.82, 2.24) is 39.8 Å². The Morgan fingerprint density at radius 1 is 1.06 bits per heavy atom. The van der Waals surface area contributed by atoms with Crippen LogP contribution in [0.15, 0.2) is 36.8 Å². The van der Waals surface area contributed by atoms with Crippen LogP contribution in [0, 0.1) is 5.82 Å². The van der Waals surface area contributed by atoms with Gasteiger partial charge in [0.2, 0.25) is 0 Å².